The predicted octanol–water partition coefficient (Wildman–Crippen LogP) is 2.20. The number of hydrogen-bond acceptors (Lipinski definition) is 1. The first-order valence-electron chi connectivity index (χ1n) is 4.54. The molecule has 0 aromatic heterocycles. The number of hydrogen-bond donors (Lipinski definition) is 0. The number of aryl methyl sites for hydroxylation is 2. The van der Waals surface area contributed by atoms with E-state index < -0.39 is 0 Å². The van der Waals surface area contributed by atoms with Gasteiger partial charge in [0.05, 0.1) is 0 Å². The number of benzene rings is 1. The van der Waals surface area contributed by atoms with Crippen LogP contribution in [0.25, 0.3) is 0 Å². The Morgan fingerprint density at radius 2 is 2.00 bits per heavy atom. The van der Waals surface area contributed by atoms with Gasteiger partial charge in [0.25, 0.3) is 0 Å². The highest BCUT2D eigenvalue weighted by Crippen LogP contribution is 2.19. The van der Waals surface area contributed by atoms with Gasteiger partial charge in [-0.2, -0.15) is 0 Å². The zero-order valence-corrected chi connectivity index (χ0v) is 9.95. The van der Waals surface area contributed by atoms with Crippen LogP contribution in [0, 0.1) is 26.2 Å². The van der Waals surface area contributed by atoms with E-state index in [1.807, 2.05) is 19.9 Å². The Labute approximate surface area is 88.1 Å². The maximum Gasteiger partial charge on any atom is 0.156 e. The summed E-state index contributed by atoms with van der Waals surface area (Å²) in [5.41, 5.74) is 2.36. The van der Waals surface area contributed by atoms with E-state index in [1.165, 1.54) is 5.56 Å². The fourth-order valence-corrected chi connectivity index (χ4v) is 1.43. The van der Waals surface area contributed by atoms with Gasteiger partial charge >= 0.3 is 0 Å². The standard InChI is InChI=1S/C12H15OP/c1-5-10(4)13-11-7-12(14)9(3)6-8(11)2/h1,6-7,10H,14H2,2-4H3. The molecule has 1 aromatic rings. The molecule has 0 aliphatic carbocycles. The summed E-state index contributed by atoms with van der Waals surface area (Å²) >= 11 is 0. The molecule has 0 radical (unpaired) electrons. The average Bonchev–Trinajstić information content (AvgIpc) is 2.14. The molecular weight excluding hydrogens is 191 g/mol. The molecular formula is C12H15OP. The van der Waals surface area contributed by atoms with Crippen LogP contribution < -0.4 is 10.0 Å². The molecule has 1 rings (SSSR count). The van der Waals surface area contributed by atoms with E-state index in [9.17, 15) is 0 Å². The summed E-state index contributed by atoms with van der Waals surface area (Å²) in [6.07, 6.45) is 5.08. The van der Waals surface area contributed by atoms with Gasteiger partial charge in [0.2, 0.25) is 0 Å². The van der Waals surface area contributed by atoms with Crippen LogP contribution in [0.3, 0.4) is 0 Å². The Balaban J connectivity index is 2.99. The number of terminal acetylenes is 1. The fraction of sp³-hybridized carbons (Fsp3) is 0.333. The van der Waals surface area contributed by atoms with Crippen molar-refractivity contribution in [2.75, 3.05) is 0 Å². The van der Waals surface area contributed by atoms with Gasteiger partial charge in [0, 0.05) is 0 Å². The lowest BCUT2D eigenvalue weighted by Gasteiger charge is -2.13. The third-order valence-electron chi connectivity index (χ3n) is 2.10. The second kappa shape index (κ2) is 4.49. The third-order valence-corrected chi connectivity index (χ3v) is 2.72. The molecule has 0 amide bonds. The van der Waals surface area contributed by atoms with Crippen LogP contribution >= 0.6 is 9.24 Å². The summed E-state index contributed by atoms with van der Waals surface area (Å²) in [6, 6.07) is 4.10. The lowest BCUT2D eigenvalue weighted by atomic mass is 10.1. The van der Waals surface area contributed by atoms with Crippen molar-refractivity contribution < 1.29 is 4.74 Å². The zero-order valence-electron chi connectivity index (χ0n) is 8.79. The van der Waals surface area contributed by atoms with E-state index in [1.54, 1.807) is 0 Å². The molecule has 74 valence electrons. The first-order chi connectivity index (χ1) is 6.54. The number of rotatable bonds is 2. The highest BCUT2D eigenvalue weighted by molar-refractivity contribution is 7.27. The Kier molecular flexibility index (Phi) is 3.55. The van der Waals surface area contributed by atoms with Crippen molar-refractivity contribution in [3.8, 4) is 18.1 Å². The predicted molar refractivity (Wildman–Crippen MR) is 64.2 cm³/mol. The highest BCUT2D eigenvalue weighted by Gasteiger charge is 2.05. The van der Waals surface area contributed by atoms with Gasteiger partial charge < -0.3 is 4.74 Å². The Hall–Kier alpha value is -0.990. The van der Waals surface area contributed by atoms with E-state index >= 15 is 0 Å². The van der Waals surface area contributed by atoms with Crippen molar-refractivity contribution in [1.29, 1.82) is 0 Å². The van der Waals surface area contributed by atoms with Crippen LogP contribution in [0.2, 0.25) is 0 Å². The Morgan fingerprint density at radius 3 is 2.57 bits per heavy atom. The average molecular weight is 206 g/mol. The summed E-state index contributed by atoms with van der Waals surface area (Å²) in [6.45, 7) is 5.96. The van der Waals surface area contributed by atoms with Gasteiger partial charge in [-0.3, -0.25) is 0 Å². The van der Waals surface area contributed by atoms with Crippen LogP contribution in [0.15, 0.2) is 12.1 Å². The lowest BCUT2D eigenvalue weighted by Crippen LogP contribution is -2.11. The minimum atomic E-state index is -0.180. The molecule has 2 atom stereocenters. The monoisotopic (exact) mass is 206 g/mol. The maximum absolute atomic E-state index is 5.58. The van der Waals surface area contributed by atoms with Gasteiger partial charge in [-0.05, 0) is 43.3 Å². The summed E-state index contributed by atoms with van der Waals surface area (Å²) in [7, 11) is 2.69. The molecule has 0 aliphatic heterocycles. The minimum absolute atomic E-state index is 0.180. The smallest absolute Gasteiger partial charge is 0.156 e. The van der Waals surface area contributed by atoms with Crippen molar-refractivity contribution in [1.82, 2.24) is 0 Å². The van der Waals surface area contributed by atoms with E-state index in [0.717, 1.165) is 16.6 Å². The molecule has 0 saturated heterocycles. The Morgan fingerprint density at radius 1 is 1.36 bits per heavy atom. The molecule has 1 aromatic carbocycles. The van der Waals surface area contributed by atoms with E-state index in [2.05, 4.69) is 28.2 Å². The zero-order chi connectivity index (χ0) is 10.7. The molecule has 2 heteroatoms. The maximum atomic E-state index is 5.58. The van der Waals surface area contributed by atoms with Gasteiger partial charge in [-0.1, -0.05) is 12.0 Å². The number of ether oxygens (including phenoxy) is 1. The normalized spacial score (nSPS) is 11.9. The molecule has 14 heavy (non-hydrogen) atoms. The third kappa shape index (κ3) is 2.50. The van der Waals surface area contributed by atoms with Crippen molar-refractivity contribution in [3.63, 3.8) is 0 Å². The topological polar surface area (TPSA) is 9.23 Å². The molecule has 1 nitrogen and oxygen atoms in total. The van der Waals surface area contributed by atoms with E-state index in [0.29, 0.717) is 0 Å². The minimum Gasteiger partial charge on any atom is -0.478 e. The molecule has 2 unspecified atom stereocenters. The summed E-state index contributed by atoms with van der Waals surface area (Å²) in [5, 5.41) is 1.15. The fourth-order valence-electron chi connectivity index (χ4n) is 1.20. The van der Waals surface area contributed by atoms with Crippen molar-refractivity contribution in [2.24, 2.45) is 0 Å². The first kappa shape index (κ1) is 11.1. The van der Waals surface area contributed by atoms with Crippen LogP contribution in [-0.4, -0.2) is 6.10 Å². The van der Waals surface area contributed by atoms with E-state index in [-0.39, 0.29) is 6.10 Å². The first-order valence-corrected chi connectivity index (χ1v) is 5.12. The van der Waals surface area contributed by atoms with Gasteiger partial charge in [0.1, 0.15) is 5.75 Å². The second-order valence-corrected chi connectivity index (χ2v) is 4.02. The summed E-state index contributed by atoms with van der Waals surface area (Å²) in [4.78, 5) is 0. The largest absolute Gasteiger partial charge is 0.478 e. The summed E-state index contributed by atoms with van der Waals surface area (Å²) in [5.74, 6) is 3.41. The van der Waals surface area contributed by atoms with Gasteiger partial charge in [0.15, 0.2) is 6.10 Å². The van der Waals surface area contributed by atoms with Gasteiger partial charge in [-0.25, -0.2) is 0 Å². The van der Waals surface area contributed by atoms with E-state index in [4.69, 9.17) is 11.2 Å². The van der Waals surface area contributed by atoms with Crippen molar-refractivity contribution in [2.45, 2.75) is 26.9 Å². The second-order valence-electron chi connectivity index (χ2n) is 3.40. The summed E-state index contributed by atoms with van der Waals surface area (Å²) < 4.78 is 5.58. The Bertz CT molecular complexity index is 377. The highest BCUT2D eigenvalue weighted by atomic mass is 31.0. The lowest BCUT2D eigenvalue weighted by molar-refractivity contribution is 0.277. The van der Waals surface area contributed by atoms with Crippen molar-refractivity contribution >= 4 is 14.5 Å². The van der Waals surface area contributed by atoms with Crippen LogP contribution in [0.1, 0.15) is 18.1 Å². The molecule has 0 heterocycles. The molecule has 0 bridgehead atoms. The van der Waals surface area contributed by atoms with Crippen LogP contribution in [0.5, 0.6) is 5.75 Å². The quantitative estimate of drug-likeness (QED) is 0.532. The molecule has 0 spiro atoms. The molecule has 0 N–H and O–H groups in total. The molecule has 0 aliphatic rings. The molecule has 0 fully saturated rings. The van der Waals surface area contributed by atoms with Crippen LogP contribution in [-0.2, 0) is 0 Å². The van der Waals surface area contributed by atoms with Crippen LogP contribution in [0.4, 0.5) is 0 Å². The van der Waals surface area contributed by atoms with Crippen molar-refractivity contribution in [3.05, 3.63) is 23.3 Å². The SMILES string of the molecule is C#CC(C)Oc1cc(P)c(C)cc1C. The molecule has 0 saturated carbocycles. The van der Waals surface area contributed by atoms with Gasteiger partial charge in [-0.15, -0.1) is 15.7 Å².